The quantitative estimate of drug-likeness (QED) is 0.855. The Morgan fingerprint density at radius 3 is 2.33 bits per heavy atom. The van der Waals surface area contributed by atoms with Gasteiger partial charge in [-0.3, -0.25) is 0 Å². The van der Waals surface area contributed by atoms with E-state index in [4.69, 9.17) is 4.74 Å². The van der Waals surface area contributed by atoms with Crippen molar-refractivity contribution >= 4 is 0 Å². The van der Waals surface area contributed by atoms with E-state index in [0.29, 0.717) is 17.3 Å². The summed E-state index contributed by atoms with van der Waals surface area (Å²) in [6.07, 6.45) is 4.10. The predicted octanol–water partition coefficient (Wildman–Crippen LogP) is 3.99. The van der Waals surface area contributed by atoms with Crippen molar-refractivity contribution in [2.45, 2.75) is 46.1 Å². The molecule has 0 saturated heterocycles. The largest absolute Gasteiger partial charge is 0.508 e. The molecule has 0 unspecified atom stereocenters. The molecule has 1 aromatic carbocycles. The Kier molecular flexibility index (Phi) is 2.42. The summed E-state index contributed by atoms with van der Waals surface area (Å²) in [7, 11) is 0. The van der Waals surface area contributed by atoms with Crippen molar-refractivity contribution in [1.29, 1.82) is 0 Å². The molecule has 0 spiro atoms. The van der Waals surface area contributed by atoms with Gasteiger partial charge in [0.25, 0.3) is 0 Å². The van der Waals surface area contributed by atoms with Crippen LogP contribution in [0.25, 0.3) is 0 Å². The number of aromatic hydroxyl groups is 1. The monoisotopic (exact) mass is 246 g/mol. The fourth-order valence-electron chi connectivity index (χ4n) is 4.00. The highest BCUT2D eigenvalue weighted by atomic mass is 16.5. The van der Waals surface area contributed by atoms with Crippen LogP contribution in [-0.2, 0) is 0 Å². The van der Waals surface area contributed by atoms with Gasteiger partial charge in [-0.05, 0) is 54.9 Å². The Bertz CT molecular complexity index is 449. The standard InChI is InChI=1S/C16H22O2/c1-15(2)11-8-9-16(15,3)14(10-11)18-13-6-4-12(17)5-7-13/h4-7,11,14,17H,8-10H2,1-3H3/t11-,14+,16-/m0/s1. The van der Waals surface area contributed by atoms with Crippen LogP contribution in [0.5, 0.6) is 11.5 Å². The SMILES string of the molecule is CC1(C)[C@H]2CC[C@@]1(C)[C@H](Oc1ccc(O)cc1)C2. The summed E-state index contributed by atoms with van der Waals surface area (Å²) in [5, 5.41) is 9.30. The molecule has 2 aliphatic carbocycles. The molecular formula is C16H22O2. The van der Waals surface area contributed by atoms with E-state index in [1.807, 2.05) is 12.1 Å². The second-order valence-electron chi connectivity index (χ2n) is 6.71. The summed E-state index contributed by atoms with van der Waals surface area (Å²) in [5.74, 6) is 1.97. The third-order valence-electron chi connectivity index (χ3n) is 5.83. The fraction of sp³-hybridized carbons (Fsp3) is 0.625. The van der Waals surface area contributed by atoms with Crippen LogP contribution in [0, 0.1) is 16.7 Å². The molecule has 2 saturated carbocycles. The van der Waals surface area contributed by atoms with E-state index in [2.05, 4.69) is 20.8 Å². The molecule has 2 bridgehead atoms. The van der Waals surface area contributed by atoms with E-state index in [1.54, 1.807) is 12.1 Å². The lowest BCUT2D eigenvalue weighted by atomic mass is 9.70. The minimum Gasteiger partial charge on any atom is -0.508 e. The van der Waals surface area contributed by atoms with Gasteiger partial charge in [-0.25, -0.2) is 0 Å². The van der Waals surface area contributed by atoms with E-state index in [0.717, 1.165) is 11.7 Å². The zero-order valence-electron chi connectivity index (χ0n) is 11.4. The van der Waals surface area contributed by atoms with Crippen molar-refractivity contribution in [2.24, 2.45) is 16.7 Å². The molecule has 0 amide bonds. The predicted molar refractivity (Wildman–Crippen MR) is 71.8 cm³/mol. The highest BCUT2D eigenvalue weighted by Gasteiger charge is 2.62. The van der Waals surface area contributed by atoms with Gasteiger partial charge in [0.05, 0.1) is 0 Å². The highest BCUT2D eigenvalue weighted by molar-refractivity contribution is 5.30. The minimum absolute atomic E-state index is 0.287. The zero-order valence-corrected chi connectivity index (χ0v) is 11.4. The molecular weight excluding hydrogens is 224 g/mol. The number of hydrogen-bond donors (Lipinski definition) is 1. The van der Waals surface area contributed by atoms with Gasteiger partial charge in [-0.2, -0.15) is 0 Å². The van der Waals surface area contributed by atoms with E-state index < -0.39 is 0 Å². The molecule has 3 rings (SSSR count). The van der Waals surface area contributed by atoms with Gasteiger partial charge in [0.15, 0.2) is 0 Å². The normalized spacial score (nSPS) is 36.8. The van der Waals surface area contributed by atoms with Crippen LogP contribution in [0.1, 0.15) is 40.0 Å². The molecule has 2 nitrogen and oxygen atoms in total. The molecule has 2 aliphatic rings. The van der Waals surface area contributed by atoms with Crippen molar-refractivity contribution in [3.63, 3.8) is 0 Å². The Labute approximate surface area is 109 Å². The number of phenols is 1. The summed E-state index contributed by atoms with van der Waals surface area (Å²) < 4.78 is 6.19. The summed E-state index contributed by atoms with van der Waals surface area (Å²) in [6, 6.07) is 7.10. The van der Waals surface area contributed by atoms with Crippen LogP contribution in [0.4, 0.5) is 0 Å². The Morgan fingerprint density at radius 1 is 1.17 bits per heavy atom. The number of benzene rings is 1. The molecule has 2 heteroatoms. The van der Waals surface area contributed by atoms with Crippen LogP contribution in [-0.4, -0.2) is 11.2 Å². The average molecular weight is 246 g/mol. The van der Waals surface area contributed by atoms with Crippen molar-refractivity contribution in [2.75, 3.05) is 0 Å². The first-order valence-electron chi connectivity index (χ1n) is 6.89. The molecule has 0 radical (unpaired) electrons. The van der Waals surface area contributed by atoms with E-state index >= 15 is 0 Å². The molecule has 2 fully saturated rings. The molecule has 0 heterocycles. The second-order valence-corrected chi connectivity index (χ2v) is 6.71. The van der Waals surface area contributed by atoms with E-state index in [9.17, 15) is 5.11 Å². The molecule has 0 aromatic heterocycles. The van der Waals surface area contributed by atoms with Crippen molar-refractivity contribution in [3.05, 3.63) is 24.3 Å². The molecule has 1 aromatic rings. The van der Waals surface area contributed by atoms with Gasteiger partial charge in [-0.15, -0.1) is 0 Å². The molecule has 3 atom stereocenters. The van der Waals surface area contributed by atoms with E-state index in [1.165, 1.54) is 19.3 Å². The zero-order chi connectivity index (χ0) is 13.0. The van der Waals surface area contributed by atoms with E-state index in [-0.39, 0.29) is 5.41 Å². The van der Waals surface area contributed by atoms with Gasteiger partial charge in [-0.1, -0.05) is 20.8 Å². The van der Waals surface area contributed by atoms with Crippen LogP contribution >= 0.6 is 0 Å². The lowest BCUT2D eigenvalue weighted by Gasteiger charge is -2.38. The van der Waals surface area contributed by atoms with Crippen molar-refractivity contribution < 1.29 is 9.84 Å². The topological polar surface area (TPSA) is 29.5 Å². The van der Waals surface area contributed by atoms with Gasteiger partial charge in [0, 0.05) is 5.41 Å². The number of rotatable bonds is 2. The first-order valence-corrected chi connectivity index (χ1v) is 6.89. The lowest BCUT2D eigenvalue weighted by Crippen LogP contribution is -2.38. The Hall–Kier alpha value is -1.18. The first-order chi connectivity index (χ1) is 8.43. The summed E-state index contributed by atoms with van der Waals surface area (Å²) in [6.45, 7) is 7.17. The molecule has 1 N–H and O–H groups in total. The average Bonchev–Trinajstić information content (AvgIpc) is 2.65. The van der Waals surface area contributed by atoms with Crippen LogP contribution in [0.3, 0.4) is 0 Å². The van der Waals surface area contributed by atoms with Crippen molar-refractivity contribution in [1.82, 2.24) is 0 Å². The summed E-state index contributed by atoms with van der Waals surface area (Å²) in [4.78, 5) is 0. The smallest absolute Gasteiger partial charge is 0.120 e. The fourth-order valence-corrected chi connectivity index (χ4v) is 4.00. The van der Waals surface area contributed by atoms with Gasteiger partial charge < -0.3 is 9.84 Å². The van der Waals surface area contributed by atoms with Crippen molar-refractivity contribution in [3.8, 4) is 11.5 Å². The maximum absolute atomic E-state index is 9.30. The Morgan fingerprint density at radius 2 is 1.83 bits per heavy atom. The number of hydrogen-bond acceptors (Lipinski definition) is 2. The van der Waals surface area contributed by atoms with Crippen LogP contribution in [0.15, 0.2) is 24.3 Å². The highest BCUT2D eigenvalue weighted by Crippen LogP contribution is 2.66. The van der Waals surface area contributed by atoms with Crippen LogP contribution < -0.4 is 4.74 Å². The summed E-state index contributed by atoms with van der Waals surface area (Å²) >= 11 is 0. The van der Waals surface area contributed by atoms with Crippen LogP contribution in [0.2, 0.25) is 0 Å². The molecule has 0 aliphatic heterocycles. The number of phenolic OH excluding ortho intramolecular Hbond substituents is 1. The molecule has 98 valence electrons. The maximum Gasteiger partial charge on any atom is 0.120 e. The van der Waals surface area contributed by atoms with Gasteiger partial charge in [0.1, 0.15) is 17.6 Å². The van der Waals surface area contributed by atoms with Gasteiger partial charge >= 0.3 is 0 Å². The maximum atomic E-state index is 9.30. The minimum atomic E-state index is 0.287. The second kappa shape index (κ2) is 3.66. The third-order valence-corrected chi connectivity index (χ3v) is 5.83. The number of fused-ring (bicyclic) bond motifs is 2. The summed E-state index contributed by atoms with van der Waals surface area (Å²) in [5.41, 5.74) is 0.671. The molecule has 18 heavy (non-hydrogen) atoms. The third kappa shape index (κ3) is 1.47. The first kappa shape index (κ1) is 11.9. The lowest BCUT2D eigenvalue weighted by molar-refractivity contribution is 0.0301. The Balaban J connectivity index is 1.81. The number of ether oxygens (including phenoxy) is 1. The van der Waals surface area contributed by atoms with Gasteiger partial charge in [0.2, 0.25) is 0 Å².